The number of rotatable bonds is 9. The highest BCUT2D eigenvalue weighted by Crippen LogP contribution is 2.28. The van der Waals surface area contributed by atoms with E-state index in [1.54, 1.807) is 6.07 Å². The SMILES string of the molecule is O=C(/C=C/C=C(/Cl)c1cc2cc(Br)ccc2o1)NC(CSCc1ccccc1)C(=O)O. The van der Waals surface area contributed by atoms with Crippen LogP contribution in [0.1, 0.15) is 11.3 Å². The van der Waals surface area contributed by atoms with Crippen LogP contribution in [-0.2, 0) is 15.3 Å². The molecular weight excluding hydrogens is 502 g/mol. The number of amides is 1. The number of aliphatic carboxylic acids is 1. The lowest BCUT2D eigenvalue weighted by atomic mass is 10.2. The summed E-state index contributed by atoms with van der Waals surface area (Å²) >= 11 is 11.1. The molecule has 8 heteroatoms. The number of benzene rings is 2. The molecule has 0 aliphatic rings. The lowest BCUT2D eigenvalue weighted by molar-refractivity contribution is -0.140. The minimum absolute atomic E-state index is 0.259. The number of carbonyl (C=O) groups is 2. The molecule has 0 bridgehead atoms. The number of allylic oxidation sites excluding steroid dienone is 2. The van der Waals surface area contributed by atoms with Gasteiger partial charge in [0.05, 0.1) is 5.03 Å². The van der Waals surface area contributed by atoms with Crippen molar-refractivity contribution in [2.75, 3.05) is 5.75 Å². The van der Waals surface area contributed by atoms with Gasteiger partial charge in [0.1, 0.15) is 17.4 Å². The summed E-state index contributed by atoms with van der Waals surface area (Å²) in [7, 11) is 0. The fraction of sp³-hybridized carbons (Fsp3) is 0.130. The van der Waals surface area contributed by atoms with Gasteiger partial charge in [-0.2, -0.15) is 11.8 Å². The Morgan fingerprint density at radius 1 is 1.19 bits per heavy atom. The molecular formula is C23H19BrClNO4S. The molecule has 2 aromatic carbocycles. The molecule has 0 spiro atoms. The van der Waals surface area contributed by atoms with Gasteiger partial charge in [0.15, 0.2) is 0 Å². The summed E-state index contributed by atoms with van der Waals surface area (Å²) in [6, 6.07) is 16.2. The van der Waals surface area contributed by atoms with Gasteiger partial charge in [-0.1, -0.05) is 63.9 Å². The normalized spacial score (nSPS) is 12.9. The highest BCUT2D eigenvalue weighted by atomic mass is 79.9. The summed E-state index contributed by atoms with van der Waals surface area (Å²) in [5.74, 6) is -0.190. The molecule has 0 radical (unpaired) electrons. The van der Waals surface area contributed by atoms with Gasteiger partial charge in [-0.25, -0.2) is 4.79 Å². The molecule has 1 unspecified atom stereocenters. The van der Waals surface area contributed by atoms with Gasteiger partial charge in [0.2, 0.25) is 5.91 Å². The molecule has 0 aliphatic carbocycles. The van der Waals surface area contributed by atoms with E-state index in [1.807, 2.05) is 48.5 Å². The van der Waals surface area contributed by atoms with Gasteiger partial charge in [0, 0.05) is 27.4 Å². The van der Waals surface area contributed by atoms with Crippen molar-refractivity contribution < 1.29 is 19.1 Å². The highest BCUT2D eigenvalue weighted by Gasteiger charge is 2.18. The monoisotopic (exact) mass is 519 g/mol. The third kappa shape index (κ3) is 7.02. The number of carboxylic acid groups (broad SMARTS) is 1. The largest absolute Gasteiger partial charge is 0.480 e. The van der Waals surface area contributed by atoms with Crippen molar-refractivity contribution in [3.8, 4) is 0 Å². The zero-order valence-corrected chi connectivity index (χ0v) is 19.4. The van der Waals surface area contributed by atoms with Gasteiger partial charge < -0.3 is 14.8 Å². The topological polar surface area (TPSA) is 79.5 Å². The second kappa shape index (κ2) is 11.2. The third-order valence-electron chi connectivity index (χ3n) is 4.21. The standard InChI is InChI=1S/C23H19BrClNO4S/c24-17-9-10-20-16(11-17)12-21(30-20)18(25)7-4-8-22(27)26-19(23(28)29)14-31-13-15-5-2-1-3-6-15/h1-12,19H,13-14H2,(H,26,27)(H,28,29)/b8-4+,18-7+. The molecule has 5 nitrogen and oxygen atoms in total. The Morgan fingerprint density at radius 3 is 2.71 bits per heavy atom. The van der Waals surface area contributed by atoms with Crippen molar-refractivity contribution in [2.45, 2.75) is 11.8 Å². The molecule has 0 saturated heterocycles. The molecule has 160 valence electrons. The maximum atomic E-state index is 12.1. The molecule has 3 rings (SSSR count). The van der Waals surface area contributed by atoms with E-state index in [1.165, 1.54) is 30.0 Å². The number of fused-ring (bicyclic) bond motifs is 1. The Kier molecular flexibility index (Phi) is 8.40. The Morgan fingerprint density at radius 2 is 1.97 bits per heavy atom. The van der Waals surface area contributed by atoms with Gasteiger partial charge in [0.25, 0.3) is 0 Å². The lowest BCUT2D eigenvalue weighted by Crippen LogP contribution is -2.41. The summed E-state index contributed by atoms with van der Waals surface area (Å²) in [5.41, 5.74) is 1.80. The number of furan rings is 1. The van der Waals surface area contributed by atoms with E-state index >= 15 is 0 Å². The first-order chi connectivity index (χ1) is 14.9. The zero-order chi connectivity index (χ0) is 22.2. The average molecular weight is 521 g/mol. The van der Waals surface area contributed by atoms with E-state index in [0.29, 0.717) is 22.1 Å². The number of carboxylic acids is 1. The molecule has 1 atom stereocenters. The minimum atomic E-state index is -1.08. The van der Waals surface area contributed by atoms with Crippen molar-refractivity contribution in [3.63, 3.8) is 0 Å². The predicted octanol–water partition coefficient (Wildman–Crippen LogP) is 5.83. The van der Waals surface area contributed by atoms with Crippen LogP contribution in [0, 0.1) is 0 Å². The zero-order valence-electron chi connectivity index (χ0n) is 16.3. The van der Waals surface area contributed by atoms with Crippen molar-refractivity contribution in [1.29, 1.82) is 0 Å². The fourth-order valence-corrected chi connectivity index (χ4v) is 4.25. The maximum Gasteiger partial charge on any atom is 0.327 e. The Balaban J connectivity index is 1.54. The Labute approximate surface area is 197 Å². The van der Waals surface area contributed by atoms with Crippen LogP contribution >= 0.6 is 39.3 Å². The molecule has 1 amide bonds. The average Bonchev–Trinajstić information content (AvgIpc) is 3.17. The molecule has 3 aromatic rings. The summed E-state index contributed by atoms with van der Waals surface area (Å²) in [4.78, 5) is 23.6. The Hall–Kier alpha value is -2.48. The number of hydrogen-bond acceptors (Lipinski definition) is 4. The quantitative estimate of drug-likeness (QED) is 0.274. The van der Waals surface area contributed by atoms with Gasteiger partial charge in [-0.05, 0) is 35.9 Å². The lowest BCUT2D eigenvalue weighted by Gasteiger charge is -2.12. The summed E-state index contributed by atoms with van der Waals surface area (Å²) in [5, 5.41) is 13.1. The van der Waals surface area contributed by atoms with Crippen molar-refractivity contribution >= 4 is 67.2 Å². The molecule has 31 heavy (non-hydrogen) atoms. The van der Waals surface area contributed by atoms with Crippen LogP contribution in [0.2, 0.25) is 0 Å². The first-order valence-corrected chi connectivity index (χ1v) is 11.6. The third-order valence-corrected chi connectivity index (χ3v) is 6.13. The summed E-state index contributed by atoms with van der Waals surface area (Å²) in [6.07, 6.45) is 4.21. The predicted molar refractivity (Wildman–Crippen MR) is 129 cm³/mol. The van der Waals surface area contributed by atoms with Crippen LogP contribution in [-0.4, -0.2) is 28.8 Å². The number of hydrogen-bond donors (Lipinski definition) is 2. The van der Waals surface area contributed by atoms with E-state index < -0.39 is 17.9 Å². The molecule has 1 aromatic heterocycles. The van der Waals surface area contributed by atoms with Crippen LogP contribution in [0.25, 0.3) is 16.0 Å². The van der Waals surface area contributed by atoms with Gasteiger partial charge in [-0.3, -0.25) is 4.79 Å². The number of halogens is 2. The van der Waals surface area contributed by atoms with E-state index in [9.17, 15) is 14.7 Å². The summed E-state index contributed by atoms with van der Waals surface area (Å²) < 4.78 is 6.61. The van der Waals surface area contributed by atoms with Crippen LogP contribution < -0.4 is 5.32 Å². The number of thioether (sulfide) groups is 1. The highest BCUT2D eigenvalue weighted by molar-refractivity contribution is 9.10. The van der Waals surface area contributed by atoms with Crippen LogP contribution in [0.15, 0.2) is 81.7 Å². The van der Waals surface area contributed by atoms with E-state index in [4.69, 9.17) is 16.0 Å². The van der Waals surface area contributed by atoms with Crippen LogP contribution in [0.5, 0.6) is 0 Å². The van der Waals surface area contributed by atoms with Crippen LogP contribution in [0.3, 0.4) is 0 Å². The first-order valence-electron chi connectivity index (χ1n) is 9.30. The Bertz CT molecular complexity index is 1130. The summed E-state index contributed by atoms with van der Waals surface area (Å²) in [6.45, 7) is 0. The molecule has 1 heterocycles. The van der Waals surface area contributed by atoms with E-state index in [-0.39, 0.29) is 5.75 Å². The van der Waals surface area contributed by atoms with E-state index in [2.05, 4.69) is 21.2 Å². The van der Waals surface area contributed by atoms with Crippen molar-refractivity contribution in [2.24, 2.45) is 0 Å². The number of carbonyl (C=O) groups excluding carboxylic acids is 1. The molecule has 0 fully saturated rings. The minimum Gasteiger partial charge on any atom is -0.480 e. The van der Waals surface area contributed by atoms with Crippen molar-refractivity contribution in [1.82, 2.24) is 5.32 Å². The first kappa shape index (κ1) is 23.2. The second-order valence-electron chi connectivity index (χ2n) is 6.57. The van der Waals surface area contributed by atoms with Gasteiger partial charge in [-0.15, -0.1) is 0 Å². The van der Waals surface area contributed by atoms with Gasteiger partial charge >= 0.3 is 5.97 Å². The molecule has 0 aliphatic heterocycles. The van der Waals surface area contributed by atoms with E-state index in [0.717, 1.165) is 15.4 Å². The maximum absolute atomic E-state index is 12.1. The molecule has 0 saturated carbocycles. The number of nitrogens with one attached hydrogen (secondary N) is 1. The van der Waals surface area contributed by atoms with Crippen LogP contribution in [0.4, 0.5) is 0 Å². The second-order valence-corrected chi connectivity index (χ2v) is 8.92. The van der Waals surface area contributed by atoms with Crippen molar-refractivity contribution in [3.05, 3.63) is 88.6 Å². The smallest absolute Gasteiger partial charge is 0.327 e. The fourth-order valence-electron chi connectivity index (χ4n) is 2.70. The molecule has 2 N–H and O–H groups in total.